The average molecular weight is 216 g/mol. The zero-order valence-electron chi connectivity index (χ0n) is 8.62. The van der Waals surface area contributed by atoms with Crippen LogP contribution in [-0.4, -0.2) is 29.4 Å². The Kier molecular flexibility index (Phi) is 4.01. The fourth-order valence-corrected chi connectivity index (χ4v) is 2.31. The third-order valence-electron chi connectivity index (χ3n) is 1.99. The van der Waals surface area contributed by atoms with Crippen molar-refractivity contribution in [2.75, 3.05) is 12.4 Å². The van der Waals surface area contributed by atoms with Gasteiger partial charge in [-0.3, -0.25) is 0 Å². The standard InChI is InChI=1S/C10H16O3S/c1-4-8(11)13-9-10(2,3)12-6-5-7-14-9/h4,9H,1,5-7H2,2-3H3. The van der Waals surface area contributed by atoms with Gasteiger partial charge in [0.25, 0.3) is 0 Å². The van der Waals surface area contributed by atoms with Gasteiger partial charge in [0.2, 0.25) is 0 Å². The summed E-state index contributed by atoms with van der Waals surface area (Å²) in [4.78, 5) is 11.1. The Balaban J connectivity index is 2.62. The zero-order valence-corrected chi connectivity index (χ0v) is 9.43. The predicted molar refractivity (Wildman–Crippen MR) is 57.2 cm³/mol. The monoisotopic (exact) mass is 216 g/mol. The summed E-state index contributed by atoms with van der Waals surface area (Å²) in [6.45, 7) is 7.97. The van der Waals surface area contributed by atoms with E-state index in [9.17, 15) is 4.79 Å². The van der Waals surface area contributed by atoms with Gasteiger partial charge in [-0.1, -0.05) is 6.58 Å². The van der Waals surface area contributed by atoms with Crippen molar-refractivity contribution < 1.29 is 14.3 Å². The lowest BCUT2D eigenvalue weighted by atomic mass is 10.1. The quantitative estimate of drug-likeness (QED) is 0.522. The molecule has 0 saturated carbocycles. The minimum Gasteiger partial charge on any atom is -0.445 e. The van der Waals surface area contributed by atoms with E-state index in [4.69, 9.17) is 9.47 Å². The van der Waals surface area contributed by atoms with Gasteiger partial charge >= 0.3 is 5.97 Å². The summed E-state index contributed by atoms with van der Waals surface area (Å²) in [6.07, 6.45) is 2.18. The molecule has 0 aromatic rings. The van der Waals surface area contributed by atoms with Crippen LogP contribution in [0.4, 0.5) is 0 Å². The molecule has 0 N–H and O–H groups in total. The van der Waals surface area contributed by atoms with Crippen molar-refractivity contribution in [2.24, 2.45) is 0 Å². The normalized spacial score (nSPS) is 26.3. The van der Waals surface area contributed by atoms with Crippen LogP contribution in [0.1, 0.15) is 20.3 Å². The van der Waals surface area contributed by atoms with Crippen LogP contribution < -0.4 is 0 Å². The molecular weight excluding hydrogens is 200 g/mol. The molecule has 0 spiro atoms. The van der Waals surface area contributed by atoms with Crippen molar-refractivity contribution in [1.29, 1.82) is 0 Å². The molecule has 80 valence electrons. The molecule has 1 unspecified atom stereocenters. The largest absolute Gasteiger partial charge is 0.445 e. The summed E-state index contributed by atoms with van der Waals surface area (Å²) >= 11 is 1.62. The second-order valence-electron chi connectivity index (χ2n) is 3.65. The van der Waals surface area contributed by atoms with E-state index < -0.39 is 5.60 Å². The number of thioether (sulfide) groups is 1. The van der Waals surface area contributed by atoms with Crippen LogP contribution in [0.15, 0.2) is 12.7 Å². The third kappa shape index (κ3) is 3.03. The van der Waals surface area contributed by atoms with Gasteiger partial charge in [0, 0.05) is 12.7 Å². The highest BCUT2D eigenvalue weighted by Crippen LogP contribution is 2.31. The van der Waals surface area contributed by atoms with E-state index in [1.165, 1.54) is 6.08 Å². The van der Waals surface area contributed by atoms with Crippen LogP contribution in [0.3, 0.4) is 0 Å². The Labute approximate surface area is 88.8 Å². The molecule has 1 fully saturated rings. The first-order valence-corrected chi connectivity index (χ1v) is 5.70. The minimum absolute atomic E-state index is 0.240. The molecule has 0 bridgehead atoms. The summed E-state index contributed by atoms with van der Waals surface area (Å²) in [5.74, 6) is 0.569. The van der Waals surface area contributed by atoms with Crippen molar-refractivity contribution in [3.05, 3.63) is 12.7 Å². The summed E-state index contributed by atoms with van der Waals surface area (Å²) in [7, 11) is 0. The molecule has 1 heterocycles. The lowest BCUT2D eigenvalue weighted by Gasteiger charge is -2.30. The predicted octanol–water partition coefficient (Wildman–Crippen LogP) is 1.97. The first-order valence-electron chi connectivity index (χ1n) is 4.65. The van der Waals surface area contributed by atoms with Gasteiger partial charge in [-0.25, -0.2) is 4.79 Å². The highest BCUT2D eigenvalue weighted by Gasteiger charge is 2.35. The fraction of sp³-hybridized carbons (Fsp3) is 0.700. The van der Waals surface area contributed by atoms with Crippen LogP contribution in [-0.2, 0) is 14.3 Å². The van der Waals surface area contributed by atoms with E-state index in [1.54, 1.807) is 11.8 Å². The summed E-state index contributed by atoms with van der Waals surface area (Å²) < 4.78 is 10.8. The van der Waals surface area contributed by atoms with Crippen LogP contribution in [0, 0.1) is 0 Å². The second-order valence-corrected chi connectivity index (χ2v) is 4.82. The number of carbonyl (C=O) groups excluding carboxylic acids is 1. The first kappa shape index (κ1) is 11.6. The lowest BCUT2D eigenvalue weighted by molar-refractivity contribution is -0.150. The molecule has 1 rings (SSSR count). The maximum absolute atomic E-state index is 11.1. The smallest absolute Gasteiger partial charge is 0.331 e. The number of carbonyl (C=O) groups is 1. The molecule has 14 heavy (non-hydrogen) atoms. The maximum Gasteiger partial charge on any atom is 0.331 e. The first-order chi connectivity index (χ1) is 6.56. The number of ether oxygens (including phenoxy) is 2. The zero-order chi connectivity index (χ0) is 10.6. The van der Waals surface area contributed by atoms with Crippen molar-refractivity contribution in [1.82, 2.24) is 0 Å². The summed E-state index contributed by atoms with van der Waals surface area (Å²) in [5, 5.41) is 0. The number of esters is 1. The number of hydrogen-bond donors (Lipinski definition) is 0. The maximum atomic E-state index is 11.1. The van der Waals surface area contributed by atoms with Gasteiger partial charge in [0.15, 0.2) is 5.44 Å². The Morgan fingerprint density at radius 3 is 3.07 bits per heavy atom. The summed E-state index contributed by atoms with van der Waals surface area (Å²) in [5.41, 5.74) is -0.657. The van der Waals surface area contributed by atoms with Crippen molar-refractivity contribution in [2.45, 2.75) is 31.3 Å². The Morgan fingerprint density at radius 2 is 2.43 bits per heavy atom. The average Bonchev–Trinajstić information content (AvgIpc) is 2.29. The van der Waals surface area contributed by atoms with E-state index in [1.807, 2.05) is 13.8 Å². The van der Waals surface area contributed by atoms with Gasteiger partial charge in [-0.05, 0) is 26.0 Å². The van der Waals surface area contributed by atoms with Crippen LogP contribution in [0.2, 0.25) is 0 Å². The Bertz CT molecular complexity index is 225. The van der Waals surface area contributed by atoms with Crippen LogP contribution in [0.25, 0.3) is 0 Å². The third-order valence-corrected chi connectivity index (χ3v) is 3.48. The minimum atomic E-state index is -0.417. The van der Waals surface area contributed by atoms with Crippen LogP contribution in [0.5, 0.6) is 0 Å². The summed E-state index contributed by atoms with van der Waals surface area (Å²) in [6, 6.07) is 0. The Morgan fingerprint density at radius 1 is 1.71 bits per heavy atom. The molecule has 4 heteroatoms. The molecule has 3 nitrogen and oxygen atoms in total. The van der Waals surface area contributed by atoms with E-state index in [-0.39, 0.29) is 11.4 Å². The van der Waals surface area contributed by atoms with Gasteiger partial charge < -0.3 is 9.47 Å². The van der Waals surface area contributed by atoms with Gasteiger partial charge in [-0.2, -0.15) is 0 Å². The second kappa shape index (κ2) is 4.84. The molecule has 1 aliphatic rings. The highest BCUT2D eigenvalue weighted by molar-refractivity contribution is 7.99. The van der Waals surface area contributed by atoms with Crippen molar-refractivity contribution in [3.63, 3.8) is 0 Å². The Hall–Kier alpha value is -0.480. The highest BCUT2D eigenvalue weighted by atomic mass is 32.2. The lowest BCUT2D eigenvalue weighted by Crippen LogP contribution is -2.39. The van der Waals surface area contributed by atoms with Crippen molar-refractivity contribution in [3.8, 4) is 0 Å². The van der Waals surface area contributed by atoms with E-state index >= 15 is 0 Å². The number of rotatable bonds is 2. The molecule has 0 aliphatic carbocycles. The SMILES string of the molecule is C=CC(=O)OC1SCCCOC1(C)C. The van der Waals surface area contributed by atoms with E-state index in [0.29, 0.717) is 0 Å². The molecule has 0 aromatic heterocycles. The fourth-order valence-electron chi connectivity index (χ4n) is 1.18. The van der Waals surface area contributed by atoms with E-state index in [2.05, 4.69) is 6.58 Å². The molecular formula is C10H16O3S. The van der Waals surface area contributed by atoms with Gasteiger partial charge in [0.05, 0.1) is 0 Å². The van der Waals surface area contributed by atoms with Gasteiger partial charge in [0.1, 0.15) is 5.60 Å². The molecule has 0 radical (unpaired) electrons. The van der Waals surface area contributed by atoms with Gasteiger partial charge in [-0.15, -0.1) is 11.8 Å². The molecule has 0 amide bonds. The topological polar surface area (TPSA) is 35.5 Å². The molecule has 1 aliphatic heterocycles. The van der Waals surface area contributed by atoms with Crippen LogP contribution >= 0.6 is 11.8 Å². The molecule has 0 aromatic carbocycles. The molecule has 1 atom stereocenters. The van der Waals surface area contributed by atoms with Crippen molar-refractivity contribution >= 4 is 17.7 Å². The molecule has 1 saturated heterocycles. The van der Waals surface area contributed by atoms with E-state index in [0.717, 1.165) is 18.8 Å². The number of hydrogen-bond acceptors (Lipinski definition) is 4.